The number of carbonyl (C=O) groups is 2. The van der Waals surface area contributed by atoms with Crippen molar-refractivity contribution in [3.8, 4) is 0 Å². The quantitative estimate of drug-likeness (QED) is 0.724. The molecule has 1 saturated carbocycles. The second-order valence-electron chi connectivity index (χ2n) is 6.35. The summed E-state index contributed by atoms with van der Waals surface area (Å²) in [6.07, 6.45) is 1.80. The van der Waals surface area contributed by atoms with E-state index in [2.05, 4.69) is 22.8 Å². The van der Waals surface area contributed by atoms with Crippen LogP contribution in [0.4, 0.5) is 0 Å². The summed E-state index contributed by atoms with van der Waals surface area (Å²) in [6.45, 7) is 2.06. The van der Waals surface area contributed by atoms with Crippen molar-refractivity contribution in [1.82, 2.24) is 10.6 Å². The highest BCUT2D eigenvalue weighted by Gasteiger charge is 2.34. The Morgan fingerprint density at radius 3 is 2.68 bits per heavy atom. The van der Waals surface area contributed by atoms with Crippen LogP contribution in [-0.4, -0.2) is 35.6 Å². The van der Waals surface area contributed by atoms with Gasteiger partial charge in [0.1, 0.15) is 6.04 Å². The Morgan fingerprint density at radius 1 is 1.32 bits per heavy atom. The number of fused-ring (bicyclic) bond motifs is 1. The lowest BCUT2D eigenvalue weighted by Gasteiger charge is -2.31. The second kappa shape index (κ2) is 6.08. The van der Waals surface area contributed by atoms with E-state index in [-0.39, 0.29) is 17.7 Å². The number of carbonyl (C=O) groups excluding carboxylic acids is 2. The number of hydrogen-bond donors (Lipinski definition) is 3. The Hall–Kier alpha value is -1.88. The van der Waals surface area contributed by atoms with Gasteiger partial charge in [-0.25, -0.2) is 0 Å². The number of amides is 2. The fourth-order valence-corrected chi connectivity index (χ4v) is 2.90. The molecule has 0 radical (unpaired) electrons. The third-order valence-corrected chi connectivity index (χ3v) is 4.49. The van der Waals surface area contributed by atoms with Crippen LogP contribution in [0.3, 0.4) is 0 Å². The van der Waals surface area contributed by atoms with Crippen LogP contribution in [0, 0.1) is 5.92 Å². The van der Waals surface area contributed by atoms with Gasteiger partial charge in [0.15, 0.2) is 0 Å². The molecule has 5 nitrogen and oxygen atoms in total. The number of rotatable bonds is 6. The van der Waals surface area contributed by atoms with Gasteiger partial charge in [0.2, 0.25) is 11.8 Å². The second-order valence-corrected chi connectivity index (χ2v) is 6.35. The molecule has 2 aliphatic carbocycles. The van der Waals surface area contributed by atoms with Crippen molar-refractivity contribution in [2.75, 3.05) is 6.54 Å². The predicted octanol–water partition coefficient (Wildman–Crippen LogP) is 0.718. The molecule has 0 heterocycles. The number of aliphatic hydroxyl groups is 1. The van der Waals surface area contributed by atoms with Crippen molar-refractivity contribution >= 4 is 11.8 Å². The predicted molar refractivity (Wildman–Crippen MR) is 82.2 cm³/mol. The van der Waals surface area contributed by atoms with E-state index >= 15 is 0 Å². The van der Waals surface area contributed by atoms with Gasteiger partial charge in [-0.15, -0.1) is 0 Å². The molecule has 2 aliphatic rings. The van der Waals surface area contributed by atoms with Gasteiger partial charge in [-0.3, -0.25) is 9.59 Å². The maximum absolute atomic E-state index is 12.2. The van der Waals surface area contributed by atoms with Gasteiger partial charge in [-0.2, -0.15) is 0 Å². The van der Waals surface area contributed by atoms with Gasteiger partial charge < -0.3 is 15.7 Å². The third kappa shape index (κ3) is 3.14. The van der Waals surface area contributed by atoms with Crippen molar-refractivity contribution < 1.29 is 14.7 Å². The lowest BCUT2D eigenvalue weighted by atomic mass is 9.77. The van der Waals surface area contributed by atoms with Gasteiger partial charge in [0.05, 0.1) is 6.10 Å². The number of benzene rings is 1. The highest BCUT2D eigenvalue weighted by molar-refractivity contribution is 5.89. The molecule has 1 aromatic rings. The number of nitrogens with one attached hydrogen (secondary N) is 2. The molecule has 5 heteroatoms. The highest BCUT2D eigenvalue weighted by atomic mass is 16.3. The molecular formula is C17H22N2O3. The van der Waals surface area contributed by atoms with Crippen LogP contribution in [0.1, 0.15) is 36.8 Å². The van der Waals surface area contributed by atoms with Gasteiger partial charge in [-0.1, -0.05) is 24.3 Å². The first-order chi connectivity index (χ1) is 10.6. The maximum atomic E-state index is 12.2. The number of hydrogen-bond acceptors (Lipinski definition) is 3. The molecule has 3 N–H and O–H groups in total. The van der Waals surface area contributed by atoms with Crippen LogP contribution in [-0.2, 0) is 16.0 Å². The summed E-state index contributed by atoms with van der Waals surface area (Å²) in [5.74, 6) is -0.0927. The van der Waals surface area contributed by atoms with Crippen LogP contribution in [0.25, 0.3) is 0 Å². The summed E-state index contributed by atoms with van der Waals surface area (Å²) in [4.78, 5) is 24.0. The van der Waals surface area contributed by atoms with Crippen molar-refractivity contribution in [2.24, 2.45) is 5.92 Å². The summed E-state index contributed by atoms with van der Waals surface area (Å²) in [5.41, 5.74) is 2.61. The first kappa shape index (κ1) is 15.0. The zero-order chi connectivity index (χ0) is 15.7. The minimum Gasteiger partial charge on any atom is -0.391 e. The Kier molecular flexibility index (Phi) is 4.16. The average molecular weight is 302 g/mol. The lowest BCUT2D eigenvalue weighted by molar-refractivity contribution is -0.132. The minimum atomic E-state index is -0.906. The molecule has 0 saturated heterocycles. The van der Waals surface area contributed by atoms with E-state index in [4.69, 9.17) is 0 Å². The lowest BCUT2D eigenvalue weighted by Crippen LogP contribution is -2.53. The summed E-state index contributed by atoms with van der Waals surface area (Å²) >= 11 is 0. The minimum absolute atomic E-state index is 0.0209. The molecular weight excluding hydrogens is 280 g/mol. The van der Waals surface area contributed by atoms with Gasteiger partial charge in [-0.05, 0) is 37.3 Å². The Morgan fingerprint density at radius 2 is 2.05 bits per heavy atom. The maximum Gasteiger partial charge on any atom is 0.245 e. The zero-order valence-corrected chi connectivity index (χ0v) is 12.7. The summed E-state index contributed by atoms with van der Waals surface area (Å²) < 4.78 is 0. The Labute approximate surface area is 130 Å². The van der Waals surface area contributed by atoms with Gasteiger partial charge in [0, 0.05) is 18.4 Å². The highest BCUT2D eigenvalue weighted by Crippen LogP contribution is 2.34. The largest absolute Gasteiger partial charge is 0.391 e. The molecule has 3 unspecified atom stereocenters. The van der Waals surface area contributed by atoms with Gasteiger partial charge in [0.25, 0.3) is 0 Å². The van der Waals surface area contributed by atoms with Gasteiger partial charge >= 0.3 is 0 Å². The molecule has 1 fully saturated rings. The van der Waals surface area contributed by atoms with Crippen molar-refractivity contribution in [3.05, 3.63) is 35.4 Å². The van der Waals surface area contributed by atoms with Crippen molar-refractivity contribution in [1.29, 1.82) is 0 Å². The number of aliphatic hydroxyl groups excluding tert-OH is 1. The molecule has 22 heavy (non-hydrogen) atoms. The fraction of sp³-hybridized carbons (Fsp3) is 0.529. The standard InChI is InChI=1S/C17H22N2O3/c1-10(20)15(19-16(21)11-6-7-11)17(22)18-9-13-8-12-4-2-3-5-14(12)13/h2-5,10-11,13,15,20H,6-9H2,1H3,(H,18,22)(H,19,21). The summed E-state index contributed by atoms with van der Waals surface area (Å²) in [6, 6.07) is 7.33. The zero-order valence-electron chi connectivity index (χ0n) is 12.7. The van der Waals surface area contributed by atoms with Crippen LogP contribution in [0.2, 0.25) is 0 Å². The molecule has 3 atom stereocenters. The van der Waals surface area contributed by atoms with E-state index in [0.717, 1.165) is 19.3 Å². The van der Waals surface area contributed by atoms with Crippen molar-refractivity contribution in [2.45, 2.75) is 44.2 Å². The molecule has 3 rings (SSSR count). The summed E-state index contributed by atoms with van der Waals surface area (Å²) in [7, 11) is 0. The van der Waals surface area contributed by atoms with E-state index in [1.807, 2.05) is 12.1 Å². The van der Waals surface area contributed by atoms with E-state index in [9.17, 15) is 14.7 Å². The van der Waals surface area contributed by atoms with Crippen LogP contribution in [0.15, 0.2) is 24.3 Å². The monoisotopic (exact) mass is 302 g/mol. The van der Waals surface area contributed by atoms with E-state index in [1.54, 1.807) is 0 Å². The molecule has 2 amide bonds. The molecule has 0 aliphatic heterocycles. The first-order valence-electron chi connectivity index (χ1n) is 7.90. The SMILES string of the molecule is CC(O)C(NC(=O)C1CC1)C(=O)NCC1Cc2ccccc21. The van der Waals surface area contributed by atoms with Crippen LogP contribution >= 0.6 is 0 Å². The van der Waals surface area contributed by atoms with E-state index in [1.165, 1.54) is 18.1 Å². The average Bonchev–Trinajstić information content (AvgIpc) is 3.29. The fourth-order valence-electron chi connectivity index (χ4n) is 2.90. The molecule has 1 aromatic carbocycles. The van der Waals surface area contributed by atoms with E-state index < -0.39 is 12.1 Å². The van der Waals surface area contributed by atoms with Crippen molar-refractivity contribution in [3.63, 3.8) is 0 Å². The molecule has 118 valence electrons. The molecule has 0 spiro atoms. The topological polar surface area (TPSA) is 78.4 Å². The Balaban J connectivity index is 1.52. The third-order valence-electron chi connectivity index (χ3n) is 4.49. The smallest absolute Gasteiger partial charge is 0.245 e. The molecule has 0 bridgehead atoms. The first-order valence-corrected chi connectivity index (χ1v) is 7.90. The normalized spacial score (nSPS) is 22.0. The molecule has 0 aromatic heterocycles. The van der Waals surface area contributed by atoms with Crippen LogP contribution < -0.4 is 10.6 Å². The van der Waals surface area contributed by atoms with Crippen LogP contribution in [0.5, 0.6) is 0 Å². The summed E-state index contributed by atoms with van der Waals surface area (Å²) in [5, 5.41) is 15.3. The van der Waals surface area contributed by atoms with E-state index in [0.29, 0.717) is 12.5 Å². The Bertz CT molecular complexity index is 581.